The Bertz CT molecular complexity index is 1530. The average Bonchev–Trinajstić information content (AvgIpc) is 3.39. The SMILES string of the molecule is COc1cc(C(=O)/C=C\Nc2ccc(-c3nc4cc(OC)c(OC)c(OC)c4s3)cc2)c(Br)c(OC)c1OC. The molecule has 3 aromatic carbocycles. The summed E-state index contributed by atoms with van der Waals surface area (Å²) in [5, 5.41) is 3.95. The van der Waals surface area contributed by atoms with Gasteiger partial charge in [-0.2, -0.15) is 0 Å². The van der Waals surface area contributed by atoms with Crippen LogP contribution < -0.4 is 33.7 Å². The van der Waals surface area contributed by atoms with Gasteiger partial charge in [-0.1, -0.05) is 0 Å². The summed E-state index contributed by atoms with van der Waals surface area (Å²) in [5.74, 6) is 2.58. The van der Waals surface area contributed by atoms with Gasteiger partial charge in [0.2, 0.25) is 11.5 Å². The maximum Gasteiger partial charge on any atom is 0.204 e. The second-order valence-corrected chi connectivity index (χ2v) is 9.73. The van der Waals surface area contributed by atoms with Gasteiger partial charge in [0.1, 0.15) is 9.71 Å². The van der Waals surface area contributed by atoms with Crippen molar-refractivity contribution in [3.05, 3.63) is 58.7 Å². The number of ketones is 1. The first kappa shape index (κ1) is 28.1. The summed E-state index contributed by atoms with van der Waals surface area (Å²) in [6.45, 7) is 0. The number of nitrogens with one attached hydrogen (secondary N) is 1. The molecular formula is C28H27BrN2O7S. The van der Waals surface area contributed by atoms with E-state index in [-0.39, 0.29) is 5.78 Å². The number of nitrogens with zero attached hydrogens (tertiary/aromatic N) is 1. The highest BCUT2D eigenvalue weighted by molar-refractivity contribution is 9.10. The molecule has 0 unspecified atom stereocenters. The van der Waals surface area contributed by atoms with Gasteiger partial charge in [-0.3, -0.25) is 4.79 Å². The average molecular weight is 616 g/mol. The second-order valence-electron chi connectivity index (χ2n) is 7.94. The number of halogens is 1. The fraction of sp³-hybridized carbons (Fsp3) is 0.214. The van der Waals surface area contributed by atoms with Gasteiger partial charge in [0.25, 0.3) is 0 Å². The first-order valence-electron chi connectivity index (χ1n) is 11.6. The number of hydrogen-bond donors (Lipinski definition) is 1. The zero-order chi connectivity index (χ0) is 28.1. The third-order valence-corrected chi connectivity index (χ3v) is 7.74. The number of rotatable bonds is 11. The summed E-state index contributed by atoms with van der Waals surface area (Å²) in [4.78, 5) is 17.7. The highest BCUT2D eigenvalue weighted by Gasteiger charge is 2.22. The van der Waals surface area contributed by atoms with Crippen molar-refractivity contribution in [3.63, 3.8) is 0 Å². The molecule has 4 aromatic rings. The largest absolute Gasteiger partial charge is 0.493 e. The molecule has 0 aliphatic heterocycles. The number of hydrogen-bond acceptors (Lipinski definition) is 10. The van der Waals surface area contributed by atoms with Crippen LogP contribution in [0.25, 0.3) is 20.8 Å². The Morgan fingerprint density at radius 2 is 1.41 bits per heavy atom. The van der Waals surface area contributed by atoms with E-state index in [9.17, 15) is 4.79 Å². The fourth-order valence-electron chi connectivity index (χ4n) is 3.96. The molecule has 0 saturated carbocycles. The minimum atomic E-state index is -0.250. The topological polar surface area (TPSA) is 97.4 Å². The van der Waals surface area contributed by atoms with E-state index in [1.54, 1.807) is 33.6 Å². The Morgan fingerprint density at radius 3 is 2.00 bits per heavy atom. The molecule has 0 radical (unpaired) electrons. The van der Waals surface area contributed by atoms with Crippen molar-refractivity contribution in [2.45, 2.75) is 0 Å². The first-order chi connectivity index (χ1) is 18.9. The monoisotopic (exact) mass is 614 g/mol. The molecule has 204 valence electrons. The molecular weight excluding hydrogens is 588 g/mol. The number of benzene rings is 3. The van der Waals surface area contributed by atoms with Gasteiger partial charge in [-0.15, -0.1) is 11.3 Å². The molecule has 0 spiro atoms. The Morgan fingerprint density at radius 1 is 0.821 bits per heavy atom. The van der Waals surface area contributed by atoms with Crippen LogP contribution in [0.5, 0.6) is 34.5 Å². The molecule has 0 saturated heterocycles. The summed E-state index contributed by atoms with van der Waals surface area (Å²) in [7, 11) is 9.24. The van der Waals surface area contributed by atoms with E-state index in [0.29, 0.717) is 44.5 Å². The van der Waals surface area contributed by atoms with Crippen LogP contribution in [0.4, 0.5) is 5.69 Å². The van der Waals surface area contributed by atoms with Crippen LogP contribution in [0.1, 0.15) is 10.4 Å². The van der Waals surface area contributed by atoms with Crippen molar-refractivity contribution in [2.24, 2.45) is 0 Å². The molecule has 0 aliphatic carbocycles. The molecule has 1 N–H and O–H groups in total. The molecule has 0 fully saturated rings. The Labute approximate surface area is 238 Å². The zero-order valence-electron chi connectivity index (χ0n) is 22.2. The van der Waals surface area contributed by atoms with E-state index < -0.39 is 0 Å². The number of ether oxygens (including phenoxy) is 6. The van der Waals surface area contributed by atoms with Crippen LogP contribution in [-0.2, 0) is 0 Å². The lowest BCUT2D eigenvalue weighted by molar-refractivity contribution is 0.104. The molecule has 0 bridgehead atoms. The number of carbonyl (C=O) groups is 1. The number of carbonyl (C=O) groups excluding carboxylic acids is 1. The van der Waals surface area contributed by atoms with Crippen LogP contribution in [0, 0.1) is 0 Å². The smallest absolute Gasteiger partial charge is 0.204 e. The Balaban J connectivity index is 1.53. The van der Waals surface area contributed by atoms with E-state index in [0.717, 1.165) is 26.5 Å². The minimum absolute atomic E-state index is 0.250. The van der Waals surface area contributed by atoms with Gasteiger partial charge in [0, 0.05) is 35.2 Å². The van der Waals surface area contributed by atoms with Gasteiger partial charge in [0.05, 0.1) is 52.6 Å². The number of thiazole rings is 1. The van der Waals surface area contributed by atoms with Crippen molar-refractivity contribution < 1.29 is 33.2 Å². The Kier molecular flexibility index (Phi) is 8.82. The molecule has 11 heteroatoms. The zero-order valence-corrected chi connectivity index (χ0v) is 24.6. The van der Waals surface area contributed by atoms with Crippen LogP contribution >= 0.6 is 27.3 Å². The lowest BCUT2D eigenvalue weighted by atomic mass is 10.1. The summed E-state index contributed by atoms with van der Waals surface area (Å²) in [6, 6.07) is 11.2. The first-order valence-corrected chi connectivity index (χ1v) is 13.2. The second kappa shape index (κ2) is 12.3. The third kappa shape index (κ3) is 5.45. The summed E-state index contributed by atoms with van der Waals surface area (Å²) < 4.78 is 34.0. The lowest BCUT2D eigenvalue weighted by Crippen LogP contribution is -2.03. The van der Waals surface area contributed by atoms with Crippen molar-refractivity contribution in [3.8, 4) is 45.1 Å². The minimum Gasteiger partial charge on any atom is -0.493 e. The molecule has 0 amide bonds. The van der Waals surface area contributed by atoms with Crippen molar-refractivity contribution in [1.29, 1.82) is 0 Å². The number of fused-ring (bicyclic) bond motifs is 1. The van der Waals surface area contributed by atoms with Crippen molar-refractivity contribution in [1.82, 2.24) is 4.98 Å². The highest BCUT2D eigenvalue weighted by atomic mass is 79.9. The number of aromatic nitrogens is 1. The third-order valence-electron chi connectivity index (χ3n) is 5.84. The molecule has 39 heavy (non-hydrogen) atoms. The predicted octanol–water partition coefficient (Wildman–Crippen LogP) is 6.59. The number of anilines is 1. The summed E-state index contributed by atoms with van der Waals surface area (Å²) in [5.41, 5.74) is 2.86. The highest BCUT2D eigenvalue weighted by Crippen LogP contribution is 2.47. The lowest BCUT2D eigenvalue weighted by Gasteiger charge is -2.15. The van der Waals surface area contributed by atoms with Gasteiger partial charge in [-0.05, 0) is 46.3 Å². The van der Waals surface area contributed by atoms with Gasteiger partial charge in [0.15, 0.2) is 28.8 Å². The normalized spacial score (nSPS) is 10.9. The maximum atomic E-state index is 12.9. The molecule has 0 aliphatic rings. The van der Waals surface area contributed by atoms with Crippen molar-refractivity contribution in [2.75, 3.05) is 48.0 Å². The summed E-state index contributed by atoms with van der Waals surface area (Å²) >= 11 is 4.94. The van der Waals surface area contributed by atoms with Crippen LogP contribution in [0.2, 0.25) is 0 Å². The van der Waals surface area contributed by atoms with E-state index in [1.807, 2.05) is 30.3 Å². The summed E-state index contributed by atoms with van der Waals surface area (Å²) in [6.07, 6.45) is 3.01. The fourth-order valence-corrected chi connectivity index (χ4v) is 5.68. The van der Waals surface area contributed by atoms with Gasteiger partial charge < -0.3 is 33.7 Å². The van der Waals surface area contributed by atoms with E-state index in [4.69, 9.17) is 33.4 Å². The van der Waals surface area contributed by atoms with Crippen LogP contribution in [0.15, 0.2) is 53.1 Å². The Hall–Kier alpha value is -3.96. The van der Waals surface area contributed by atoms with Crippen LogP contribution in [0.3, 0.4) is 0 Å². The molecule has 4 rings (SSSR count). The number of methoxy groups -OCH3 is 6. The van der Waals surface area contributed by atoms with E-state index >= 15 is 0 Å². The maximum absolute atomic E-state index is 12.9. The van der Waals surface area contributed by atoms with Crippen molar-refractivity contribution >= 4 is 49.0 Å². The van der Waals surface area contributed by atoms with Gasteiger partial charge in [-0.25, -0.2) is 4.98 Å². The molecule has 9 nitrogen and oxygen atoms in total. The number of allylic oxidation sites excluding steroid dienone is 1. The standard InChI is InChI=1S/C28H27BrN2O7S/c1-33-20-13-17(22(29)25(37-5)23(20)35-3)19(32)11-12-30-16-9-7-15(8-10-16)28-31-18-14-21(34-2)24(36-4)26(38-6)27(18)39-28/h7-14,30H,1-6H3/b12-11-. The molecule has 0 atom stereocenters. The molecule has 1 heterocycles. The molecule has 1 aromatic heterocycles. The van der Waals surface area contributed by atoms with Gasteiger partial charge >= 0.3 is 0 Å². The quantitative estimate of drug-likeness (QED) is 0.148. The van der Waals surface area contributed by atoms with E-state index in [2.05, 4.69) is 21.2 Å². The predicted molar refractivity (Wildman–Crippen MR) is 156 cm³/mol. The van der Waals surface area contributed by atoms with Crippen LogP contribution in [-0.4, -0.2) is 53.4 Å². The van der Waals surface area contributed by atoms with E-state index in [1.165, 1.54) is 38.7 Å².